The zero-order chi connectivity index (χ0) is 11.7. The van der Waals surface area contributed by atoms with Crippen LogP contribution in [0.25, 0.3) is 0 Å². The lowest BCUT2D eigenvalue weighted by Gasteiger charge is -2.32. The van der Waals surface area contributed by atoms with E-state index in [1.807, 2.05) is 0 Å². The molecule has 0 heterocycles. The van der Waals surface area contributed by atoms with Gasteiger partial charge in [-0.1, -0.05) is 15.9 Å². The van der Waals surface area contributed by atoms with Crippen molar-refractivity contribution in [1.29, 1.82) is 0 Å². The molecule has 0 bridgehead atoms. The zero-order valence-corrected chi connectivity index (χ0v) is 9.98. The van der Waals surface area contributed by atoms with Crippen molar-refractivity contribution >= 4 is 27.3 Å². The molecule has 0 radical (unpaired) electrons. The molecule has 6 heteroatoms. The molecule has 0 unspecified atom stereocenters. The Kier molecular flexibility index (Phi) is 3.11. The predicted molar refractivity (Wildman–Crippen MR) is 63.4 cm³/mol. The number of nitro benzene ring substituents is 1. The van der Waals surface area contributed by atoms with Gasteiger partial charge >= 0.3 is 0 Å². The molecule has 5 nitrogen and oxygen atoms in total. The van der Waals surface area contributed by atoms with E-state index in [0.717, 1.165) is 0 Å². The van der Waals surface area contributed by atoms with E-state index < -0.39 is 4.92 Å². The Morgan fingerprint density at radius 2 is 2.19 bits per heavy atom. The van der Waals surface area contributed by atoms with Crippen LogP contribution in [0.1, 0.15) is 12.8 Å². The van der Waals surface area contributed by atoms with Crippen molar-refractivity contribution in [2.24, 2.45) is 0 Å². The second-order valence-electron chi connectivity index (χ2n) is 3.89. The Bertz CT molecular complexity index is 419. The van der Waals surface area contributed by atoms with Crippen LogP contribution in [0.4, 0.5) is 11.4 Å². The molecule has 1 saturated carbocycles. The average molecular weight is 287 g/mol. The number of aliphatic hydroxyl groups is 1. The van der Waals surface area contributed by atoms with E-state index in [-0.39, 0.29) is 17.8 Å². The molecule has 2 N–H and O–H groups in total. The van der Waals surface area contributed by atoms with Crippen LogP contribution in [-0.4, -0.2) is 22.2 Å². The first-order valence-electron chi connectivity index (χ1n) is 4.95. The van der Waals surface area contributed by atoms with Gasteiger partial charge in [-0.15, -0.1) is 0 Å². The molecular formula is C10H11BrN2O3. The van der Waals surface area contributed by atoms with Gasteiger partial charge in [-0.2, -0.15) is 0 Å². The Morgan fingerprint density at radius 1 is 1.50 bits per heavy atom. The fraction of sp³-hybridized carbons (Fsp3) is 0.400. The molecule has 0 aliphatic heterocycles. The zero-order valence-electron chi connectivity index (χ0n) is 8.39. The largest absolute Gasteiger partial charge is 0.393 e. The van der Waals surface area contributed by atoms with E-state index in [1.54, 1.807) is 12.1 Å². The molecule has 2 rings (SSSR count). The van der Waals surface area contributed by atoms with Gasteiger partial charge in [0.2, 0.25) is 0 Å². The highest BCUT2D eigenvalue weighted by molar-refractivity contribution is 9.10. The van der Waals surface area contributed by atoms with Crippen molar-refractivity contribution in [2.75, 3.05) is 5.32 Å². The molecule has 1 aliphatic carbocycles. The van der Waals surface area contributed by atoms with Crippen LogP contribution in [-0.2, 0) is 0 Å². The molecule has 0 saturated heterocycles. The maximum Gasteiger partial charge on any atom is 0.293 e. The Balaban J connectivity index is 2.16. The molecule has 16 heavy (non-hydrogen) atoms. The summed E-state index contributed by atoms with van der Waals surface area (Å²) in [6.07, 6.45) is 1.02. The molecular weight excluding hydrogens is 276 g/mol. The predicted octanol–water partition coefficient (Wildman–Crippen LogP) is 2.29. The summed E-state index contributed by atoms with van der Waals surface area (Å²) in [6.45, 7) is 0. The standard InChI is InChI=1S/C10H11BrN2O3/c11-6-1-2-9(10(3-6)13(15)16)12-7-4-8(14)5-7/h1-3,7-8,12,14H,4-5H2/t7-,8-. The quantitative estimate of drug-likeness (QED) is 0.660. The highest BCUT2D eigenvalue weighted by Crippen LogP contribution is 2.31. The number of nitro groups is 1. The molecule has 1 aliphatic rings. The van der Waals surface area contributed by atoms with Gasteiger partial charge in [0.25, 0.3) is 5.69 Å². The van der Waals surface area contributed by atoms with Gasteiger partial charge < -0.3 is 10.4 Å². The van der Waals surface area contributed by atoms with Crippen LogP contribution in [0.3, 0.4) is 0 Å². The molecule has 1 fully saturated rings. The minimum absolute atomic E-state index is 0.0516. The summed E-state index contributed by atoms with van der Waals surface area (Å²) in [5, 5.41) is 23.0. The number of rotatable bonds is 3. The molecule has 0 aromatic heterocycles. The van der Waals surface area contributed by atoms with Crippen molar-refractivity contribution < 1.29 is 10.0 Å². The van der Waals surface area contributed by atoms with Gasteiger partial charge in [0.15, 0.2) is 0 Å². The van der Waals surface area contributed by atoms with Gasteiger partial charge in [0, 0.05) is 16.6 Å². The number of nitrogens with zero attached hydrogens (tertiary/aromatic N) is 1. The van der Waals surface area contributed by atoms with Crippen molar-refractivity contribution in [3.05, 3.63) is 32.8 Å². The molecule has 0 spiro atoms. The van der Waals surface area contributed by atoms with Crippen LogP contribution in [0.15, 0.2) is 22.7 Å². The van der Waals surface area contributed by atoms with E-state index in [1.165, 1.54) is 6.07 Å². The van der Waals surface area contributed by atoms with E-state index in [2.05, 4.69) is 21.2 Å². The van der Waals surface area contributed by atoms with Crippen molar-refractivity contribution in [3.63, 3.8) is 0 Å². The average Bonchev–Trinajstić information content (AvgIpc) is 2.17. The first-order valence-corrected chi connectivity index (χ1v) is 5.74. The van der Waals surface area contributed by atoms with E-state index in [9.17, 15) is 10.1 Å². The van der Waals surface area contributed by atoms with E-state index >= 15 is 0 Å². The van der Waals surface area contributed by atoms with Crippen molar-refractivity contribution in [3.8, 4) is 0 Å². The van der Waals surface area contributed by atoms with Crippen LogP contribution in [0.5, 0.6) is 0 Å². The molecule has 1 aromatic rings. The van der Waals surface area contributed by atoms with Gasteiger partial charge in [-0.3, -0.25) is 10.1 Å². The van der Waals surface area contributed by atoms with Crippen molar-refractivity contribution in [2.45, 2.75) is 25.0 Å². The number of benzene rings is 1. The minimum atomic E-state index is -0.414. The number of hydrogen-bond donors (Lipinski definition) is 2. The molecule has 86 valence electrons. The minimum Gasteiger partial charge on any atom is -0.393 e. The van der Waals surface area contributed by atoms with Gasteiger partial charge in [-0.05, 0) is 25.0 Å². The topological polar surface area (TPSA) is 75.4 Å². The first-order chi connectivity index (χ1) is 7.56. The number of halogens is 1. The van der Waals surface area contributed by atoms with Gasteiger partial charge in [0.1, 0.15) is 5.69 Å². The lowest BCUT2D eigenvalue weighted by molar-refractivity contribution is -0.384. The number of anilines is 1. The summed E-state index contributed by atoms with van der Waals surface area (Å²) < 4.78 is 0.679. The summed E-state index contributed by atoms with van der Waals surface area (Å²) in [5.74, 6) is 0. The first kappa shape index (κ1) is 11.3. The fourth-order valence-electron chi connectivity index (χ4n) is 1.70. The van der Waals surface area contributed by atoms with Crippen LogP contribution in [0.2, 0.25) is 0 Å². The lowest BCUT2D eigenvalue weighted by Crippen LogP contribution is -2.39. The normalized spacial score (nSPS) is 23.6. The van der Waals surface area contributed by atoms with Crippen LogP contribution >= 0.6 is 15.9 Å². The summed E-state index contributed by atoms with van der Waals surface area (Å²) >= 11 is 3.20. The van der Waals surface area contributed by atoms with Gasteiger partial charge in [-0.25, -0.2) is 0 Å². The smallest absolute Gasteiger partial charge is 0.293 e. The summed E-state index contributed by atoms with van der Waals surface area (Å²) in [5.41, 5.74) is 0.556. The lowest BCUT2D eigenvalue weighted by atomic mass is 9.89. The van der Waals surface area contributed by atoms with Crippen LogP contribution < -0.4 is 5.32 Å². The molecule has 1 aromatic carbocycles. The van der Waals surface area contributed by atoms with E-state index in [4.69, 9.17) is 5.11 Å². The third-order valence-corrected chi connectivity index (χ3v) is 3.12. The molecule has 0 atom stereocenters. The maximum atomic E-state index is 10.8. The maximum absolute atomic E-state index is 10.8. The Morgan fingerprint density at radius 3 is 2.75 bits per heavy atom. The Hall–Kier alpha value is -1.14. The Labute approximate surface area is 101 Å². The fourth-order valence-corrected chi connectivity index (χ4v) is 2.05. The second kappa shape index (κ2) is 4.39. The highest BCUT2D eigenvalue weighted by Gasteiger charge is 2.28. The highest BCUT2D eigenvalue weighted by atomic mass is 79.9. The summed E-state index contributed by atoms with van der Waals surface area (Å²) in [7, 11) is 0. The summed E-state index contributed by atoms with van der Waals surface area (Å²) in [4.78, 5) is 10.4. The third-order valence-electron chi connectivity index (χ3n) is 2.63. The van der Waals surface area contributed by atoms with Gasteiger partial charge in [0.05, 0.1) is 11.0 Å². The monoisotopic (exact) mass is 286 g/mol. The number of hydrogen-bond acceptors (Lipinski definition) is 4. The van der Waals surface area contributed by atoms with Crippen molar-refractivity contribution in [1.82, 2.24) is 0 Å². The van der Waals surface area contributed by atoms with Crippen LogP contribution in [0, 0.1) is 10.1 Å². The van der Waals surface area contributed by atoms with E-state index in [0.29, 0.717) is 23.0 Å². The molecule has 0 amide bonds. The summed E-state index contributed by atoms with van der Waals surface area (Å²) in [6, 6.07) is 5.03. The third kappa shape index (κ3) is 2.33. The second-order valence-corrected chi connectivity index (χ2v) is 4.80. The number of nitrogens with one attached hydrogen (secondary N) is 1. The SMILES string of the molecule is O=[N+]([O-])c1cc(Br)ccc1N[C@H]1C[C@H](O)C1. The number of aliphatic hydroxyl groups excluding tert-OH is 1.